The zero-order valence-electron chi connectivity index (χ0n) is 10.8. The van der Waals surface area contributed by atoms with E-state index < -0.39 is 4.92 Å². The Morgan fingerprint density at radius 1 is 1.43 bits per heavy atom. The first kappa shape index (κ1) is 14.8. The number of nitro benzene ring substituents is 1. The molecule has 1 aromatic heterocycles. The summed E-state index contributed by atoms with van der Waals surface area (Å²) in [6.07, 6.45) is 1.50. The Balaban J connectivity index is 2.24. The molecule has 0 aliphatic carbocycles. The van der Waals surface area contributed by atoms with Gasteiger partial charge in [0.25, 0.3) is 0 Å². The van der Waals surface area contributed by atoms with Crippen LogP contribution in [0.25, 0.3) is 0 Å². The molecule has 0 N–H and O–H groups in total. The van der Waals surface area contributed by atoms with Gasteiger partial charge < -0.3 is 4.74 Å². The van der Waals surface area contributed by atoms with Crippen molar-refractivity contribution in [3.8, 4) is 11.8 Å². The van der Waals surface area contributed by atoms with Crippen LogP contribution in [0, 0.1) is 21.4 Å². The summed E-state index contributed by atoms with van der Waals surface area (Å²) in [5, 5.41) is 20.0. The molecule has 0 unspecified atom stereocenters. The maximum atomic E-state index is 11.0. The van der Waals surface area contributed by atoms with Crippen molar-refractivity contribution in [2.45, 2.75) is 12.5 Å². The van der Waals surface area contributed by atoms with Gasteiger partial charge in [-0.1, -0.05) is 12.1 Å². The van der Waals surface area contributed by atoms with Gasteiger partial charge in [-0.25, -0.2) is 4.98 Å². The van der Waals surface area contributed by atoms with E-state index >= 15 is 0 Å². The van der Waals surface area contributed by atoms with Gasteiger partial charge in [-0.2, -0.15) is 5.26 Å². The lowest BCUT2D eigenvalue weighted by atomic mass is 10.2. The SMILES string of the molecule is N#Cc1ncccc1COc1ccc(CCl)cc1[N+](=O)[O-]. The molecule has 0 aliphatic rings. The Labute approximate surface area is 125 Å². The van der Waals surface area contributed by atoms with Crippen LogP contribution < -0.4 is 4.74 Å². The number of alkyl halides is 1. The number of benzene rings is 1. The molecular weight excluding hydrogens is 294 g/mol. The van der Waals surface area contributed by atoms with Crippen LogP contribution in [0.2, 0.25) is 0 Å². The molecule has 106 valence electrons. The van der Waals surface area contributed by atoms with Crippen molar-refractivity contribution in [2.24, 2.45) is 0 Å². The van der Waals surface area contributed by atoms with E-state index in [1.165, 1.54) is 18.3 Å². The summed E-state index contributed by atoms with van der Waals surface area (Å²) in [5.41, 5.74) is 1.28. The van der Waals surface area contributed by atoms with Crippen molar-refractivity contribution in [1.82, 2.24) is 4.98 Å². The fourth-order valence-corrected chi connectivity index (χ4v) is 1.89. The Kier molecular flexibility index (Phi) is 4.69. The van der Waals surface area contributed by atoms with Crippen molar-refractivity contribution in [1.29, 1.82) is 5.26 Å². The lowest BCUT2D eigenvalue weighted by Gasteiger charge is -2.08. The summed E-state index contributed by atoms with van der Waals surface area (Å²) in [5.74, 6) is 0.309. The second kappa shape index (κ2) is 6.68. The molecule has 0 saturated carbocycles. The molecule has 0 aliphatic heterocycles. The fraction of sp³-hybridized carbons (Fsp3) is 0.143. The third-order valence-corrected chi connectivity index (χ3v) is 3.06. The smallest absolute Gasteiger partial charge is 0.311 e. The van der Waals surface area contributed by atoms with E-state index in [9.17, 15) is 10.1 Å². The van der Waals surface area contributed by atoms with Crippen molar-refractivity contribution in [3.63, 3.8) is 0 Å². The molecule has 1 aromatic carbocycles. The molecular formula is C14H10ClN3O3. The number of aromatic nitrogens is 1. The van der Waals surface area contributed by atoms with Crippen molar-refractivity contribution >= 4 is 17.3 Å². The highest BCUT2D eigenvalue weighted by Crippen LogP contribution is 2.29. The zero-order valence-corrected chi connectivity index (χ0v) is 11.6. The predicted molar refractivity (Wildman–Crippen MR) is 75.9 cm³/mol. The lowest BCUT2D eigenvalue weighted by molar-refractivity contribution is -0.386. The van der Waals surface area contributed by atoms with E-state index in [4.69, 9.17) is 21.6 Å². The molecule has 2 rings (SSSR count). The summed E-state index contributed by atoms with van der Waals surface area (Å²) in [7, 11) is 0. The van der Waals surface area contributed by atoms with Gasteiger partial charge in [0.1, 0.15) is 18.4 Å². The van der Waals surface area contributed by atoms with Gasteiger partial charge in [-0.3, -0.25) is 10.1 Å². The molecule has 21 heavy (non-hydrogen) atoms. The first-order valence-corrected chi connectivity index (χ1v) is 6.49. The molecule has 7 heteroatoms. The van der Waals surface area contributed by atoms with Gasteiger partial charge >= 0.3 is 5.69 Å². The van der Waals surface area contributed by atoms with E-state index in [1.54, 1.807) is 18.2 Å². The number of rotatable bonds is 5. The first-order chi connectivity index (χ1) is 10.2. The Hall–Kier alpha value is -2.65. The van der Waals surface area contributed by atoms with Gasteiger partial charge in [0, 0.05) is 23.7 Å². The normalized spacial score (nSPS) is 9.90. The van der Waals surface area contributed by atoms with Crippen molar-refractivity contribution in [3.05, 3.63) is 63.5 Å². The summed E-state index contributed by atoms with van der Waals surface area (Å²) in [6, 6.07) is 9.83. The van der Waals surface area contributed by atoms with E-state index in [1.807, 2.05) is 6.07 Å². The van der Waals surface area contributed by atoms with E-state index in [-0.39, 0.29) is 29.6 Å². The third-order valence-electron chi connectivity index (χ3n) is 2.75. The number of pyridine rings is 1. The minimum atomic E-state index is -0.528. The third kappa shape index (κ3) is 3.46. The molecule has 0 atom stereocenters. The average Bonchev–Trinajstić information content (AvgIpc) is 2.52. The second-order valence-corrected chi connectivity index (χ2v) is 4.37. The molecule has 0 radical (unpaired) electrons. The number of hydrogen-bond acceptors (Lipinski definition) is 5. The Bertz CT molecular complexity index is 713. The van der Waals surface area contributed by atoms with Crippen LogP contribution in [0.5, 0.6) is 5.75 Å². The van der Waals surface area contributed by atoms with Gasteiger partial charge in [0.15, 0.2) is 5.75 Å². The van der Waals surface area contributed by atoms with Crippen LogP contribution in [0.1, 0.15) is 16.8 Å². The quantitative estimate of drug-likeness (QED) is 0.481. The minimum absolute atomic E-state index is 0.0256. The lowest BCUT2D eigenvalue weighted by Crippen LogP contribution is -2.02. The predicted octanol–water partition coefficient (Wildman–Crippen LogP) is 3.18. The highest BCUT2D eigenvalue weighted by Gasteiger charge is 2.16. The summed E-state index contributed by atoms with van der Waals surface area (Å²) in [6.45, 7) is 0.0256. The monoisotopic (exact) mass is 303 g/mol. The van der Waals surface area contributed by atoms with Crippen LogP contribution in [0.4, 0.5) is 5.69 Å². The average molecular weight is 304 g/mol. The summed E-state index contributed by atoms with van der Waals surface area (Å²) >= 11 is 5.66. The summed E-state index contributed by atoms with van der Waals surface area (Å²) in [4.78, 5) is 14.4. The van der Waals surface area contributed by atoms with Crippen molar-refractivity contribution < 1.29 is 9.66 Å². The summed E-state index contributed by atoms with van der Waals surface area (Å²) < 4.78 is 5.45. The molecule has 1 heterocycles. The van der Waals surface area contributed by atoms with E-state index in [0.717, 1.165) is 0 Å². The van der Waals surface area contributed by atoms with Crippen LogP contribution in [-0.4, -0.2) is 9.91 Å². The van der Waals surface area contributed by atoms with Gasteiger partial charge in [0.05, 0.1) is 4.92 Å². The van der Waals surface area contributed by atoms with E-state index in [2.05, 4.69) is 4.98 Å². The van der Waals surface area contributed by atoms with Crippen molar-refractivity contribution in [2.75, 3.05) is 0 Å². The number of hydrogen-bond donors (Lipinski definition) is 0. The fourth-order valence-electron chi connectivity index (χ4n) is 1.72. The number of nitrogens with zero attached hydrogens (tertiary/aromatic N) is 3. The highest BCUT2D eigenvalue weighted by atomic mass is 35.5. The molecule has 0 amide bonds. The number of halogens is 1. The number of nitriles is 1. The molecule has 0 saturated heterocycles. The van der Waals surface area contributed by atoms with Crippen LogP contribution in [0.3, 0.4) is 0 Å². The Morgan fingerprint density at radius 3 is 2.90 bits per heavy atom. The Morgan fingerprint density at radius 2 is 2.24 bits per heavy atom. The topological polar surface area (TPSA) is 89.0 Å². The standard InChI is InChI=1S/C14H10ClN3O3/c15-7-10-3-4-14(13(6-10)18(19)20)21-9-11-2-1-5-17-12(11)8-16/h1-6H,7,9H2. The maximum absolute atomic E-state index is 11.0. The molecule has 0 bridgehead atoms. The molecule has 0 spiro atoms. The second-order valence-electron chi connectivity index (χ2n) is 4.10. The van der Waals surface area contributed by atoms with Crippen LogP contribution >= 0.6 is 11.6 Å². The van der Waals surface area contributed by atoms with E-state index in [0.29, 0.717) is 11.1 Å². The van der Waals surface area contributed by atoms with Gasteiger partial charge in [-0.15, -0.1) is 11.6 Å². The maximum Gasteiger partial charge on any atom is 0.311 e. The number of nitro groups is 1. The zero-order chi connectivity index (χ0) is 15.2. The molecule has 0 fully saturated rings. The largest absolute Gasteiger partial charge is 0.482 e. The van der Waals surface area contributed by atoms with Gasteiger partial charge in [-0.05, 0) is 17.7 Å². The van der Waals surface area contributed by atoms with Gasteiger partial charge in [0.2, 0.25) is 0 Å². The number of ether oxygens (including phenoxy) is 1. The van der Waals surface area contributed by atoms with Crippen LogP contribution in [0.15, 0.2) is 36.5 Å². The van der Waals surface area contributed by atoms with Crippen LogP contribution in [-0.2, 0) is 12.5 Å². The highest BCUT2D eigenvalue weighted by molar-refractivity contribution is 6.17. The molecule has 2 aromatic rings. The first-order valence-electron chi connectivity index (χ1n) is 5.95. The molecule has 6 nitrogen and oxygen atoms in total. The minimum Gasteiger partial charge on any atom is -0.482 e.